The Kier molecular flexibility index (Phi) is 4.60. The lowest BCUT2D eigenvalue weighted by molar-refractivity contribution is 0.0555. The molecule has 1 aromatic rings. The fourth-order valence-corrected chi connectivity index (χ4v) is 3.78. The lowest BCUT2D eigenvalue weighted by atomic mass is 9.80. The van der Waals surface area contributed by atoms with E-state index < -0.39 is 0 Å². The molecule has 17 heavy (non-hydrogen) atoms. The quantitative estimate of drug-likeness (QED) is 0.872. The maximum Gasteiger partial charge on any atom is 0.0335 e. The standard InChI is InChI=1S/C14H24N2S/c1-2-16(11-13-7-6-10-17-13)14(12-15)8-4-3-5-9-14/h6-7,10H,2-5,8-9,11-12,15H2,1H3. The van der Waals surface area contributed by atoms with E-state index in [2.05, 4.69) is 29.3 Å². The van der Waals surface area contributed by atoms with Crippen LogP contribution in [0.1, 0.15) is 43.9 Å². The number of nitrogens with two attached hydrogens (primary N) is 1. The van der Waals surface area contributed by atoms with Crippen LogP contribution in [-0.2, 0) is 6.54 Å². The maximum absolute atomic E-state index is 6.11. The molecule has 0 aromatic carbocycles. The highest BCUT2D eigenvalue weighted by molar-refractivity contribution is 7.09. The Bertz CT molecular complexity index is 315. The van der Waals surface area contributed by atoms with E-state index in [1.165, 1.54) is 37.0 Å². The highest BCUT2D eigenvalue weighted by atomic mass is 32.1. The largest absolute Gasteiger partial charge is 0.329 e. The van der Waals surface area contributed by atoms with E-state index in [0.29, 0.717) is 0 Å². The Balaban J connectivity index is 2.09. The van der Waals surface area contributed by atoms with Crippen LogP contribution < -0.4 is 5.73 Å². The lowest BCUT2D eigenvalue weighted by Crippen LogP contribution is -2.54. The van der Waals surface area contributed by atoms with Gasteiger partial charge >= 0.3 is 0 Å². The summed E-state index contributed by atoms with van der Waals surface area (Å²) < 4.78 is 0. The van der Waals surface area contributed by atoms with Gasteiger partial charge in [0.2, 0.25) is 0 Å². The molecule has 0 aliphatic heterocycles. The van der Waals surface area contributed by atoms with Crippen LogP contribution in [0.4, 0.5) is 0 Å². The highest BCUT2D eigenvalue weighted by Gasteiger charge is 2.35. The van der Waals surface area contributed by atoms with Gasteiger partial charge in [-0.05, 0) is 30.8 Å². The van der Waals surface area contributed by atoms with Gasteiger partial charge in [-0.25, -0.2) is 0 Å². The Morgan fingerprint density at radius 1 is 1.35 bits per heavy atom. The minimum absolute atomic E-state index is 0.275. The van der Waals surface area contributed by atoms with Crippen molar-refractivity contribution in [3.8, 4) is 0 Å². The zero-order valence-electron chi connectivity index (χ0n) is 10.8. The smallest absolute Gasteiger partial charge is 0.0335 e. The SMILES string of the molecule is CCN(Cc1cccs1)C1(CN)CCCCC1. The van der Waals surface area contributed by atoms with E-state index in [4.69, 9.17) is 5.73 Å². The molecular weight excluding hydrogens is 228 g/mol. The van der Waals surface area contributed by atoms with Crippen LogP contribution in [0.15, 0.2) is 17.5 Å². The molecule has 2 N–H and O–H groups in total. The van der Waals surface area contributed by atoms with Gasteiger partial charge in [0.15, 0.2) is 0 Å². The van der Waals surface area contributed by atoms with Gasteiger partial charge in [0.05, 0.1) is 0 Å². The van der Waals surface area contributed by atoms with E-state index in [1.54, 1.807) is 0 Å². The zero-order valence-corrected chi connectivity index (χ0v) is 11.6. The molecule has 1 aromatic heterocycles. The molecule has 0 bridgehead atoms. The molecule has 96 valence electrons. The van der Waals surface area contributed by atoms with Crippen LogP contribution in [0.25, 0.3) is 0 Å². The normalized spacial score (nSPS) is 19.7. The minimum Gasteiger partial charge on any atom is -0.329 e. The van der Waals surface area contributed by atoms with E-state index >= 15 is 0 Å². The summed E-state index contributed by atoms with van der Waals surface area (Å²) >= 11 is 1.86. The Morgan fingerprint density at radius 2 is 2.12 bits per heavy atom. The molecule has 0 atom stereocenters. The lowest BCUT2D eigenvalue weighted by Gasteiger charge is -2.45. The third-order valence-corrected chi connectivity index (χ3v) is 5.00. The van der Waals surface area contributed by atoms with Gasteiger partial charge in [0, 0.05) is 23.5 Å². The summed E-state index contributed by atoms with van der Waals surface area (Å²) in [4.78, 5) is 4.07. The number of hydrogen-bond donors (Lipinski definition) is 1. The van der Waals surface area contributed by atoms with E-state index in [9.17, 15) is 0 Å². The summed E-state index contributed by atoms with van der Waals surface area (Å²) in [7, 11) is 0. The monoisotopic (exact) mass is 252 g/mol. The molecule has 2 rings (SSSR count). The number of nitrogens with zero attached hydrogens (tertiary/aromatic N) is 1. The average Bonchev–Trinajstić information content (AvgIpc) is 2.89. The molecule has 0 spiro atoms. The van der Waals surface area contributed by atoms with Crippen LogP contribution in [0, 0.1) is 0 Å². The molecule has 0 radical (unpaired) electrons. The minimum atomic E-state index is 0.275. The van der Waals surface area contributed by atoms with Gasteiger partial charge in [0.1, 0.15) is 0 Å². The first-order chi connectivity index (χ1) is 8.30. The van der Waals surface area contributed by atoms with Gasteiger partial charge in [0.25, 0.3) is 0 Å². The molecule has 1 saturated carbocycles. The molecule has 2 nitrogen and oxygen atoms in total. The van der Waals surface area contributed by atoms with E-state index in [-0.39, 0.29) is 5.54 Å². The Morgan fingerprint density at radius 3 is 2.65 bits per heavy atom. The second-order valence-corrected chi connectivity index (χ2v) is 6.11. The van der Waals surface area contributed by atoms with Gasteiger partial charge in [-0.1, -0.05) is 32.3 Å². The number of rotatable bonds is 5. The predicted molar refractivity (Wildman–Crippen MR) is 75.3 cm³/mol. The summed E-state index contributed by atoms with van der Waals surface area (Å²) in [5.41, 5.74) is 6.38. The fraction of sp³-hybridized carbons (Fsp3) is 0.714. The highest BCUT2D eigenvalue weighted by Crippen LogP contribution is 2.34. The van der Waals surface area contributed by atoms with Crippen molar-refractivity contribution in [1.29, 1.82) is 0 Å². The Hall–Kier alpha value is -0.380. The second-order valence-electron chi connectivity index (χ2n) is 5.08. The van der Waals surface area contributed by atoms with Gasteiger partial charge in [-0.15, -0.1) is 11.3 Å². The van der Waals surface area contributed by atoms with Crippen LogP contribution in [0.3, 0.4) is 0 Å². The summed E-state index contributed by atoms with van der Waals surface area (Å²) in [6.07, 6.45) is 6.64. The van der Waals surface area contributed by atoms with Crippen LogP contribution in [0.5, 0.6) is 0 Å². The van der Waals surface area contributed by atoms with Gasteiger partial charge in [-0.3, -0.25) is 4.90 Å². The first-order valence-corrected chi connectivity index (χ1v) is 7.66. The van der Waals surface area contributed by atoms with Crippen molar-refractivity contribution >= 4 is 11.3 Å². The third-order valence-electron chi connectivity index (χ3n) is 4.14. The zero-order chi connectivity index (χ0) is 12.1. The fourth-order valence-electron chi connectivity index (χ4n) is 3.06. The van der Waals surface area contributed by atoms with Crippen molar-refractivity contribution in [3.63, 3.8) is 0 Å². The molecule has 0 unspecified atom stereocenters. The topological polar surface area (TPSA) is 29.3 Å². The van der Waals surface area contributed by atoms with Crippen molar-refractivity contribution < 1.29 is 0 Å². The molecule has 0 amide bonds. The summed E-state index contributed by atoms with van der Waals surface area (Å²) in [6.45, 7) is 5.26. The van der Waals surface area contributed by atoms with E-state index in [1.807, 2.05) is 11.3 Å². The van der Waals surface area contributed by atoms with E-state index in [0.717, 1.165) is 19.6 Å². The van der Waals surface area contributed by atoms with Crippen molar-refractivity contribution in [2.75, 3.05) is 13.1 Å². The van der Waals surface area contributed by atoms with Crippen molar-refractivity contribution in [1.82, 2.24) is 4.90 Å². The van der Waals surface area contributed by atoms with Crippen molar-refractivity contribution in [2.45, 2.75) is 51.1 Å². The molecule has 3 heteroatoms. The molecular formula is C14H24N2S. The van der Waals surface area contributed by atoms with Crippen LogP contribution in [0.2, 0.25) is 0 Å². The number of likely N-dealkylation sites (N-methyl/N-ethyl adjacent to an activating group) is 1. The van der Waals surface area contributed by atoms with Gasteiger partial charge in [-0.2, -0.15) is 0 Å². The summed E-state index contributed by atoms with van der Waals surface area (Å²) in [5.74, 6) is 0. The molecule has 1 heterocycles. The van der Waals surface area contributed by atoms with Crippen molar-refractivity contribution in [2.24, 2.45) is 5.73 Å². The third kappa shape index (κ3) is 2.90. The van der Waals surface area contributed by atoms with Crippen LogP contribution >= 0.6 is 11.3 Å². The molecule has 1 fully saturated rings. The maximum atomic E-state index is 6.11. The molecule has 1 aliphatic rings. The molecule has 0 saturated heterocycles. The van der Waals surface area contributed by atoms with Crippen LogP contribution in [-0.4, -0.2) is 23.5 Å². The average molecular weight is 252 g/mol. The number of hydrogen-bond acceptors (Lipinski definition) is 3. The first kappa shape index (κ1) is 13.1. The molecule has 1 aliphatic carbocycles. The predicted octanol–water partition coefficient (Wildman–Crippen LogP) is 3.23. The van der Waals surface area contributed by atoms with Crippen molar-refractivity contribution in [3.05, 3.63) is 22.4 Å². The Labute approximate surface area is 109 Å². The second kappa shape index (κ2) is 5.98. The summed E-state index contributed by atoms with van der Waals surface area (Å²) in [5, 5.41) is 2.17. The summed E-state index contributed by atoms with van der Waals surface area (Å²) in [6, 6.07) is 4.38. The number of thiophene rings is 1. The van der Waals surface area contributed by atoms with Gasteiger partial charge < -0.3 is 5.73 Å². The first-order valence-electron chi connectivity index (χ1n) is 6.78.